The molecule has 1 aliphatic heterocycles. The van der Waals surface area contributed by atoms with Crippen LogP contribution in [0, 0.1) is 0 Å². The summed E-state index contributed by atoms with van der Waals surface area (Å²) in [5, 5.41) is 2.15. The number of para-hydroxylation sites is 1. The third-order valence-electron chi connectivity index (χ3n) is 3.10. The summed E-state index contributed by atoms with van der Waals surface area (Å²) in [6.07, 6.45) is 1.48. The summed E-state index contributed by atoms with van der Waals surface area (Å²) in [5.74, 6) is -0.507. The molecular formula is C16H11BrN2O4S. The molecule has 1 N–H and O–H groups in total. The highest BCUT2D eigenvalue weighted by atomic mass is 79.9. The number of carbonyl (C=O) groups is 3. The number of carbonyl (C=O) groups excluding carboxylic acids is 3. The van der Waals surface area contributed by atoms with E-state index in [2.05, 4.69) is 21.2 Å². The maximum atomic E-state index is 12.3. The fourth-order valence-corrected chi connectivity index (χ4v) is 3.17. The van der Waals surface area contributed by atoms with Gasteiger partial charge in [0.1, 0.15) is 12.3 Å². The van der Waals surface area contributed by atoms with Crippen LogP contribution in [0.5, 0.6) is 0 Å². The molecule has 8 heteroatoms. The van der Waals surface area contributed by atoms with Gasteiger partial charge >= 0.3 is 0 Å². The molecule has 0 saturated carbocycles. The quantitative estimate of drug-likeness (QED) is 0.782. The predicted octanol–water partition coefficient (Wildman–Crippen LogP) is 3.72. The van der Waals surface area contributed by atoms with Crippen LogP contribution >= 0.6 is 27.7 Å². The average Bonchev–Trinajstić information content (AvgIpc) is 3.07. The van der Waals surface area contributed by atoms with Crippen LogP contribution in [0.2, 0.25) is 0 Å². The van der Waals surface area contributed by atoms with Crippen molar-refractivity contribution in [2.24, 2.45) is 0 Å². The number of benzene rings is 1. The number of rotatable bonds is 4. The van der Waals surface area contributed by atoms with Gasteiger partial charge in [0.05, 0.1) is 4.91 Å². The van der Waals surface area contributed by atoms with Crippen molar-refractivity contribution in [2.75, 3.05) is 11.9 Å². The molecule has 2 heterocycles. The third-order valence-corrected chi connectivity index (χ3v) is 4.43. The van der Waals surface area contributed by atoms with Crippen molar-refractivity contribution in [1.82, 2.24) is 4.90 Å². The molecule has 3 amide bonds. The van der Waals surface area contributed by atoms with Crippen molar-refractivity contribution < 1.29 is 18.8 Å². The van der Waals surface area contributed by atoms with Crippen molar-refractivity contribution in [3.8, 4) is 0 Å². The number of hydrogen-bond acceptors (Lipinski definition) is 5. The first-order valence-electron chi connectivity index (χ1n) is 6.88. The summed E-state index contributed by atoms with van der Waals surface area (Å²) in [7, 11) is 0. The second kappa shape index (κ2) is 7.06. The Kier molecular flexibility index (Phi) is 4.86. The van der Waals surface area contributed by atoms with E-state index in [1.165, 1.54) is 6.08 Å². The molecule has 1 saturated heterocycles. The van der Waals surface area contributed by atoms with Crippen molar-refractivity contribution in [1.29, 1.82) is 0 Å². The smallest absolute Gasteiger partial charge is 0.294 e. The summed E-state index contributed by atoms with van der Waals surface area (Å²) in [5.41, 5.74) is 0.602. The highest BCUT2D eigenvalue weighted by Gasteiger charge is 2.36. The third kappa shape index (κ3) is 3.77. The molecule has 1 aromatic carbocycles. The Hall–Kier alpha value is -2.32. The zero-order valence-corrected chi connectivity index (χ0v) is 14.6. The number of hydrogen-bond donors (Lipinski definition) is 1. The van der Waals surface area contributed by atoms with Crippen LogP contribution in [-0.2, 0) is 9.59 Å². The van der Waals surface area contributed by atoms with Crippen LogP contribution in [0.25, 0.3) is 6.08 Å². The second-order valence-electron chi connectivity index (χ2n) is 4.82. The molecular weight excluding hydrogens is 396 g/mol. The van der Waals surface area contributed by atoms with Crippen LogP contribution in [-0.4, -0.2) is 28.5 Å². The van der Waals surface area contributed by atoms with Gasteiger partial charge in [-0.1, -0.05) is 18.2 Å². The largest absolute Gasteiger partial charge is 0.450 e. The molecule has 0 atom stereocenters. The number of thioether (sulfide) groups is 1. The van der Waals surface area contributed by atoms with E-state index in [0.717, 1.165) is 16.7 Å². The molecule has 0 radical (unpaired) electrons. The van der Waals surface area contributed by atoms with E-state index >= 15 is 0 Å². The molecule has 24 heavy (non-hydrogen) atoms. The average molecular weight is 407 g/mol. The maximum Gasteiger partial charge on any atom is 0.294 e. The highest BCUT2D eigenvalue weighted by Crippen LogP contribution is 2.32. The van der Waals surface area contributed by atoms with E-state index in [9.17, 15) is 14.4 Å². The number of nitrogens with one attached hydrogen (secondary N) is 1. The van der Waals surface area contributed by atoms with Crippen LogP contribution < -0.4 is 5.32 Å². The fourth-order valence-electron chi connectivity index (χ4n) is 2.04. The topological polar surface area (TPSA) is 79.6 Å². The van der Waals surface area contributed by atoms with E-state index in [4.69, 9.17) is 4.42 Å². The molecule has 1 fully saturated rings. The first-order valence-corrected chi connectivity index (χ1v) is 8.49. The molecule has 3 rings (SSSR count). The first-order chi connectivity index (χ1) is 11.5. The number of imide groups is 1. The minimum absolute atomic E-state index is 0.217. The maximum absolute atomic E-state index is 12.3. The van der Waals surface area contributed by atoms with E-state index in [-0.39, 0.29) is 11.4 Å². The molecule has 1 aromatic heterocycles. The van der Waals surface area contributed by atoms with Gasteiger partial charge in [-0.15, -0.1) is 0 Å². The number of furan rings is 1. The van der Waals surface area contributed by atoms with E-state index in [0.29, 0.717) is 16.1 Å². The van der Waals surface area contributed by atoms with Crippen LogP contribution in [0.15, 0.2) is 56.5 Å². The SMILES string of the molecule is O=C(CN1C(=O)S/C(=C\c2ccc(Br)o2)C1=O)Nc1ccccc1. The van der Waals surface area contributed by atoms with Gasteiger partial charge in [-0.3, -0.25) is 19.3 Å². The Morgan fingerprint density at radius 3 is 2.62 bits per heavy atom. The zero-order chi connectivity index (χ0) is 17.1. The number of halogens is 1. The predicted molar refractivity (Wildman–Crippen MR) is 94.2 cm³/mol. The van der Waals surface area contributed by atoms with Crippen molar-refractivity contribution in [2.45, 2.75) is 0 Å². The Morgan fingerprint density at radius 1 is 1.21 bits per heavy atom. The van der Waals surface area contributed by atoms with Gasteiger partial charge in [0, 0.05) is 11.8 Å². The molecule has 0 unspecified atom stereocenters. The minimum Gasteiger partial charge on any atom is -0.450 e. The highest BCUT2D eigenvalue weighted by molar-refractivity contribution is 9.10. The van der Waals surface area contributed by atoms with E-state index < -0.39 is 17.1 Å². The lowest BCUT2D eigenvalue weighted by Crippen LogP contribution is -2.36. The number of amides is 3. The van der Waals surface area contributed by atoms with E-state index in [1.807, 2.05) is 6.07 Å². The molecule has 2 aromatic rings. The normalized spacial score (nSPS) is 16.0. The lowest BCUT2D eigenvalue weighted by Gasteiger charge is -2.12. The van der Waals surface area contributed by atoms with E-state index in [1.54, 1.807) is 36.4 Å². The number of nitrogens with zero attached hydrogens (tertiary/aromatic N) is 1. The zero-order valence-electron chi connectivity index (χ0n) is 12.2. The molecule has 6 nitrogen and oxygen atoms in total. The summed E-state index contributed by atoms with van der Waals surface area (Å²) >= 11 is 3.94. The standard InChI is InChI=1S/C16H11BrN2O4S/c17-13-7-6-11(23-13)8-12-15(21)19(16(22)24-12)9-14(20)18-10-4-2-1-3-5-10/h1-8H,9H2,(H,18,20)/b12-8-. The Balaban J connectivity index is 1.68. The minimum atomic E-state index is -0.513. The van der Waals surface area contributed by atoms with Gasteiger partial charge in [-0.25, -0.2) is 0 Å². The molecule has 122 valence electrons. The van der Waals surface area contributed by atoms with Gasteiger partial charge in [0.2, 0.25) is 5.91 Å². The Labute approximate surface area is 150 Å². The summed E-state index contributed by atoms with van der Waals surface area (Å²) < 4.78 is 5.81. The second-order valence-corrected chi connectivity index (χ2v) is 6.60. The first kappa shape index (κ1) is 16.5. The summed E-state index contributed by atoms with van der Waals surface area (Å²) in [6.45, 7) is -0.335. The van der Waals surface area contributed by atoms with Gasteiger partial charge in [-0.05, 0) is 52.0 Å². The van der Waals surface area contributed by atoms with Gasteiger partial charge in [0.25, 0.3) is 11.1 Å². The number of anilines is 1. The monoisotopic (exact) mass is 406 g/mol. The summed E-state index contributed by atoms with van der Waals surface area (Å²) in [4.78, 5) is 37.4. The molecule has 0 aliphatic carbocycles. The Bertz CT molecular complexity index is 832. The van der Waals surface area contributed by atoms with Gasteiger partial charge in [-0.2, -0.15) is 0 Å². The summed E-state index contributed by atoms with van der Waals surface area (Å²) in [6, 6.07) is 12.2. The van der Waals surface area contributed by atoms with Gasteiger partial charge in [0.15, 0.2) is 4.67 Å². The van der Waals surface area contributed by atoms with Crippen LogP contribution in [0.1, 0.15) is 5.76 Å². The van der Waals surface area contributed by atoms with Crippen molar-refractivity contribution in [3.05, 3.63) is 57.8 Å². The van der Waals surface area contributed by atoms with Gasteiger partial charge < -0.3 is 9.73 Å². The molecule has 0 bridgehead atoms. The molecule has 0 spiro atoms. The fraction of sp³-hybridized carbons (Fsp3) is 0.0625. The lowest BCUT2D eigenvalue weighted by molar-refractivity contribution is -0.127. The van der Waals surface area contributed by atoms with Crippen LogP contribution in [0.3, 0.4) is 0 Å². The Morgan fingerprint density at radius 2 is 1.96 bits per heavy atom. The van der Waals surface area contributed by atoms with Crippen molar-refractivity contribution in [3.63, 3.8) is 0 Å². The van der Waals surface area contributed by atoms with Crippen molar-refractivity contribution >= 4 is 56.5 Å². The lowest BCUT2D eigenvalue weighted by atomic mass is 10.3. The van der Waals surface area contributed by atoms with Crippen LogP contribution in [0.4, 0.5) is 10.5 Å². The molecule has 1 aliphatic rings.